The molecule has 3 aromatic rings. The number of ketones is 1. The number of aliphatic hydroxyl groups is 2. The Morgan fingerprint density at radius 1 is 0.716 bits per heavy atom. The van der Waals surface area contributed by atoms with Crippen molar-refractivity contribution in [1.82, 2.24) is 5.32 Å². The highest BCUT2D eigenvalue weighted by Gasteiger charge is 2.78. The normalized spacial score (nSPS) is 28.4. The fourth-order valence-corrected chi connectivity index (χ4v) is 14.0. The first-order valence-electron chi connectivity index (χ1n) is 31.8. The summed E-state index contributed by atoms with van der Waals surface area (Å²) in [5.41, 5.74) is -7.58. The van der Waals surface area contributed by atoms with Crippen molar-refractivity contribution < 1.29 is 86.4 Å². The van der Waals surface area contributed by atoms with Crippen molar-refractivity contribution in [3.05, 3.63) is 119 Å². The van der Waals surface area contributed by atoms with Crippen molar-refractivity contribution in [2.75, 3.05) is 19.8 Å². The highest BCUT2D eigenvalue weighted by Crippen LogP contribution is 2.64. The third-order valence-corrected chi connectivity index (χ3v) is 18.9. The number of hydrogen-bond donors (Lipinski definition) is 3. The van der Waals surface area contributed by atoms with Gasteiger partial charge in [-0.25, -0.2) is 14.4 Å². The van der Waals surface area contributed by atoms with E-state index in [2.05, 4.69) is 12.2 Å². The van der Waals surface area contributed by atoms with Gasteiger partial charge < -0.3 is 58.2 Å². The summed E-state index contributed by atoms with van der Waals surface area (Å²) < 4.78 is 54.8. The van der Waals surface area contributed by atoms with E-state index in [1.54, 1.807) is 92.7 Å². The Hall–Kier alpha value is -6.51. The molecule has 0 aromatic heterocycles. The van der Waals surface area contributed by atoms with E-state index in [0.29, 0.717) is 12.0 Å². The smallest absolute Gasteiger partial charge is 0.455 e. The number of rotatable bonds is 29. The van der Waals surface area contributed by atoms with E-state index in [1.807, 2.05) is 0 Å². The SMILES string of the molecule is CCCCCCCCCCCCCCCCCC1OCC(COC(=O)O[C@@H](C(=O)O[C@H]2C[C@@]3(O)[C@@H](OC(=O)c4ccccc4)C4[C@](C)(C(=O)[C@H](OC(C)=O)C(=C2C)C3(C)C)[C@@H](O)C[C@H]2OC[C@@]42OC(C)=O)[C@@H](NC(=O)c2ccccc2)c2ccccc2)O1. The van der Waals surface area contributed by atoms with Gasteiger partial charge in [0.1, 0.15) is 42.7 Å². The minimum Gasteiger partial charge on any atom is -0.455 e. The third-order valence-electron chi connectivity index (χ3n) is 18.9. The lowest BCUT2D eigenvalue weighted by Crippen LogP contribution is -2.82. The molecule has 2 bridgehead atoms. The minimum absolute atomic E-state index is 0.0421. The van der Waals surface area contributed by atoms with Crippen LogP contribution >= 0.6 is 0 Å². The Kier molecular flexibility index (Phi) is 23.2. The molecule has 2 saturated heterocycles. The van der Waals surface area contributed by atoms with Gasteiger partial charge in [-0.3, -0.25) is 19.2 Å². The fourth-order valence-electron chi connectivity index (χ4n) is 14.0. The number of esters is 4. The molecule has 5 aliphatic rings. The quantitative estimate of drug-likeness (QED) is 0.0253. The van der Waals surface area contributed by atoms with Crippen LogP contribution in [0.5, 0.6) is 0 Å². The van der Waals surface area contributed by atoms with Crippen LogP contribution in [-0.2, 0) is 61.8 Å². The maximum absolute atomic E-state index is 15.9. The number of ether oxygens (including phenoxy) is 9. The number of carbonyl (C=O) groups is 7. The van der Waals surface area contributed by atoms with E-state index in [1.165, 1.54) is 103 Å². The Morgan fingerprint density at radius 2 is 1.28 bits per heavy atom. The molecule has 1 amide bonds. The summed E-state index contributed by atoms with van der Waals surface area (Å²) in [5, 5.41) is 29.3. The van der Waals surface area contributed by atoms with E-state index in [4.69, 9.17) is 42.6 Å². The molecule has 88 heavy (non-hydrogen) atoms. The first-order valence-corrected chi connectivity index (χ1v) is 31.8. The molecule has 2 aliphatic heterocycles. The summed E-state index contributed by atoms with van der Waals surface area (Å²) in [5.74, 6) is -7.12. The zero-order valence-electron chi connectivity index (χ0n) is 52.2. The molecular formula is C69H91NO18. The standard InChI is InChI=1S/C69H91NO18/c1-8-9-10-11-12-13-14-15-16-17-18-19-20-21-31-38-54-80-41-50(84-54)42-81-65(78)86-58(56(47-32-25-22-26-33-47)70-62(75)48-34-27-23-28-35-48)64(77)85-51-40-69(79)61(87-63(76)49-36-29-24-30-37-49)59-67(7,52(73)39-53-68(59,43-82-53)88-46(4)72)60(74)57(83-45(3)71)55(44(51)2)66(69,5)6/h22-30,32-37,50-54,56-59,61,73,79H,8-21,31,38-43H2,1-7H3,(H,70,75)/t50?,51-,52-,53+,54?,56-,57+,58+,59?,61-,67+,68-,69+/m0/s1. The van der Waals surface area contributed by atoms with Crippen LogP contribution in [0.1, 0.15) is 196 Å². The van der Waals surface area contributed by atoms with Gasteiger partial charge in [-0.2, -0.15) is 0 Å². The van der Waals surface area contributed by atoms with Crippen LogP contribution in [0, 0.1) is 16.7 Å². The molecule has 3 aromatic carbocycles. The Balaban J connectivity index is 1.06. The van der Waals surface area contributed by atoms with Crippen molar-refractivity contribution in [2.24, 2.45) is 16.7 Å². The first kappa shape index (κ1) is 67.4. The molecule has 0 radical (unpaired) electrons. The average Bonchev–Trinajstić information content (AvgIpc) is 0.828. The van der Waals surface area contributed by atoms with Gasteiger partial charge in [0.25, 0.3) is 5.91 Å². The number of hydrogen-bond acceptors (Lipinski definition) is 18. The Bertz CT molecular complexity index is 2900. The van der Waals surface area contributed by atoms with Crippen LogP contribution < -0.4 is 5.32 Å². The molecule has 3 N–H and O–H groups in total. The number of nitrogens with one attached hydrogen (secondary N) is 1. The Morgan fingerprint density at radius 3 is 1.84 bits per heavy atom. The van der Waals surface area contributed by atoms with Gasteiger partial charge in [0, 0.05) is 37.7 Å². The van der Waals surface area contributed by atoms with Gasteiger partial charge in [-0.1, -0.05) is 177 Å². The average molecular weight is 1220 g/mol. The summed E-state index contributed by atoms with van der Waals surface area (Å²) in [6, 6.07) is 22.8. The molecule has 19 heteroatoms. The zero-order chi connectivity index (χ0) is 63.2. The molecular weight excluding hydrogens is 1130 g/mol. The summed E-state index contributed by atoms with van der Waals surface area (Å²) >= 11 is 0. The summed E-state index contributed by atoms with van der Waals surface area (Å²) in [6.07, 6.45) is 5.83. The number of unbranched alkanes of at least 4 members (excludes halogenated alkanes) is 14. The van der Waals surface area contributed by atoms with E-state index in [-0.39, 0.29) is 48.5 Å². The molecule has 0 spiro atoms. The number of carbonyl (C=O) groups excluding carboxylic acids is 7. The van der Waals surface area contributed by atoms with Gasteiger partial charge in [-0.15, -0.1) is 0 Å². The molecule has 2 heterocycles. The number of fused-ring (bicyclic) bond motifs is 5. The lowest BCUT2D eigenvalue weighted by molar-refractivity contribution is -0.346. The second kappa shape index (κ2) is 30.3. The lowest BCUT2D eigenvalue weighted by Gasteiger charge is -2.67. The molecule has 480 valence electrons. The van der Waals surface area contributed by atoms with Crippen molar-refractivity contribution >= 4 is 41.7 Å². The molecule has 13 atom stereocenters. The molecule has 8 rings (SSSR count). The van der Waals surface area contributed by atoms with Crippen molar-refractivity contribution in [3.8, 4) is 0 Å². The van der Waals surface area contributed by atoms with E-state index < -0.39 is 131 Å². The van der Waals surface area contributed by atoms with Crippen molar-refractivity contribution in [2.45, 2.75) is 230 Å². The van der Waals surface area contributed by atoms with Crippen LogP contribution in [0.2, 0.25) is 0 Å². The Labute approximate surface area is 517 Å². The van der Waals surface area contributed by atoms with Crippen molar-refractivity contribution in [1.29, 1.82) is 0 Å². The first-order chi connectivity index (χ1) is 42.2. The largest absolute Gasteiger partial charge is 0.509 e. The molecule has 19 nitrogen and oxygen atoms in total. The highest BCUT2D eigenvalue weighted by molar-refractivity contribution is 5.96. The van der Waals surface area contributed by atoms with Gasteiger partial charge >= 0.3 is 30.0 Å². The maximum atomic E-state index is 15.9. The van der Waals surface area contributed by atoms with Gasteiger partial charge in [-0.05, 0) is 67.7 Å². The predicted molar refractivity (Wildman–Crippen MR) is 322 cm³/mol. The predicted octanol–water partition coefficient (Wildman–Crippen LogP) is 10.9. The highest BCUT2D eigenvalue weighted by atomic mass is 16.8. The summed E-state index contributed by atoms with van der Waals surface area (Å²) in [6.45, 7) is 9.97. The minimum atomic E-state index is -2.49. The second-order valence-electron chi connectivity index (χ2n) is 25.3. The van der Waals surface area contributed by atoms with Gasteiger partial charge in [0.2, 0.25) is 6.10 Å². The maximum Gasteiger partial charge on any atom is 0.509 e. The lowest BCUT2D eigenvalue weighted by atomic mass is 9.44. The monoisotopic (exact) mass is 1220 g/mol. The number of benzene rings is 3. The van der Waals surface area contributed by atoms with Gasteiger partial charge in [0.05, 0.1) is 36.2 Å². The number of Topliss-reactive ketones (excluding diaryl/α,β-unsaturated/α-hetero) is 1. The number of amides is 1. The van der Waals surface area contributed by atoms with Crippen LogP contribution in [0.15, 0.2) is 102 Å². The molecule has 4 fully saturated rings. The fraction of sp³-hybridized carbons (Fsp3) is 0.609. The molecule has 3 unspecified atom stereocenters. The summed E-state index contributed by atoms with van der Waals surface area (Å²) in [7, 11) is 0. The van der Waals surface area contributed by atoms with E-state index in [9.17, 15) is 34.2 Å². The second-order valence-corrected chi connectivity index (χ2v) is 25.3. The van der Waals surface area contributed by atoms with Gasteiger partial charge in [0.15, 0.2) is 23.8 Å². The third kappa shape index (κ3) is 15.2. The molecule has 2 saturated carbocycles. The molecule has 3 aliphatic carbocycles. The summed E-state index contributed by atoms with van der Waals surface area (Å²) in [4.78, 5) is 101. The van der Waals surface area contributed by atoms with Crippen LogP contribution in [0.3, 0.4) is 0 Å². The topological polar surface area (TPSA) is 255 Å². The van der Waals surface area contributed by atoms with E-state index in [0.717, 1.165) is 33.1 Å². The van der Waals surface area contributed by atoms with Crippen LogP contribution in [0.25, 0.3) is 0 Å². The van der Waals surface area contributed by atoms with Crippen molar-refractivity contribution in [3.63, 3.8) is 0 Å². The van der Waals surface area contributed by atoms with Crippen LogP contribution in [-0.4, -0.2) is 132 Å². The van der Waals surface area contributed by atoms with Crippen LogP contribution in [0.4, 0.5) is 4.79 Å². The van der Waals surface area contributed by atoms with E-state index >= 15 is 9.59 Å². The zero-order valence-corrected chi connectivity index (χ0v) is 52.2. The number of aliphatic hydroxyl groups excluding tert-OH is 1.